The van der Waals surface area contributed by atoms with Crippen LogP contribution >= 0.6 is 23.4 Å². The van der Waals surface area contributed by atoms with Crippen molar-refractivity contribution >= 4 is 51.4 Å². The number of hydrogen-bond donors (Lipinski definition) is 1. The maximum atomic E-state index is 12.8. The van der Waals surface area contributed by atoms with Gasteiger partial charge in [-0.3, -0.25) is 10.2 Å². The van der Waals surface area contributed by atoms with Crippen molar-refractivity contribution < 1.29 is 9.53 Å². The molecule has 7 nitrogen and oxygen atoms in total. The fourth-order valence-corrected chi connectivity index (χ4v) is 4.37. The van der Waals surface area contributed by atoms with Crippen LogP contribution in [0.4, 0.5) is 0 Å². The van der Waals surface area contributed by atoms with E-state index in [9.17, 15) is 4.79 Å². The predicted molar refractivity (Wildman–Crippen MR) is 132 cm³/mol. The van der Waals surface area contributed by atoms with E-state index in [0.29, 0.717) is 15.2 Å². The molecule has 9 heteroatoms. The zero-order valence-electron chi connectivity index (χ0n) is 17.5. The summed E-state index contributed by atoms with van der Waals surface area (Å²) in [6.45, 7) is 2.20. The monoisotopic (exact) mass is 475 g/mol. The molecule has 0 fully saturated rings. The van der Waals surface area contributed by atoms with Gasteiger partial charge >= 0.3 is 0 Å². The first-order valence-electron chi connectivity index (χ1n) is 10.1. The lowest BCUT2D eigenvalue weighted by Crippen LogP contribution is -2.35. The van der Waals surface area contributed by atoms with Crippen LogP contribution in [0.2, 0.25) is 5.02 Å². The van der Waals surface area contributed by atoms with E-state index in [-0.39, 0.29) is 18.0 Å². The summed E-state index contributed by atoms with van der Waals surface area (Å²) in [7, 11) is 0. The van der Waals surface area contributed by atoms with Gasteiger partial charge in [0.15, 0.2) is 5.84 Å². The van der Waals surface area contributed by atoms with E-state index < -0.39 is 5.91 Å². The lowest BCUT2D eigenvalue weighted by atomic mass is 10.1. The number of thioether (sulfide) groups is 1. The second kappa shape index (κ2) is 8.73. The average molecular weight is 476 g/mol. The Kier molecular flexibility index (Phi) is 5.62. The Morgan fingerprint density at radius 2 is 1.91 bits per heavy atom. The molecule has 1 amide bonds. The van der Waals surface area contributed by atoms with E-state index in [2.05, 4.69) is 10.1 Å². The molecule has 2 aliphatic rings. The van der Waals surface area contributed by atoms with Crippen LogP contribution < -0.4 is 4.74 Å². The lowest BCUT2D eigenvalue weighted by Gasteiger charge is -2.20. The van der Waals surface area contributed by atoms with Gasteiger partial charge in [0.25, 0.3) is 5.91 Å². The van der Waals surface area contributed by atoms with Gasteiger partial charge in [0.1, 0.15) is 17.4 Å². The highest BCUT2D eigenvalue weighted by Crippen LogP contribution is 2.29. The molecule has 2 aliphatic heterocycles. The molecule has 3 heterocycles. The van der Waals surface area contributed by atoms with Crippen molar-refractivity contribution in [1.82, 2.24) is 9.58 Å². The molecule has 0 saturated carbocycles. The van der Waals surface area contributed by atoms with Crippen molar-refractivity contribution in [2.75, 3.05) is 6.61 Å². The number of nitrogens with zero attached hydrogens (tertiary/aromatic N) is 4. The Balaban J connectivity index is 1.38. The van der Waals surface area contributed by atoms with Crippen molar-refractivity contribution in [2.24, 2.45) is 10.1 Å². The normalized spacial score (nSPS) is 16.7. The molecule has 0 unspecified atom stereocenters. The Hall–Kier alpha value is -3.62. The van der Waals surface area contributed by atoms with Gasteiger partial charge in [-0.1, -0.05) is 29.8 Å². The van der Waals surface area contributed by atoms with Crippen LogP contribution in [0, 0.1) is 12.3 Å². The van der Waals surface area contributed by atoms with Crippen molar-refractivity contribution in [3.8, 4) is 11.4 Å². The van der Waals surface area contributed by atoms with Crippen LogP contribution in [-0.4, -0.2) is 38.1 Å². The fraction of sp³-hybridized carbons (Fsp3) is 0.0833. The fourth-order valence-electron chi connectivity index (χ4n) is 3.44. The van der Waals surface area contributed by atoms with Crippen molar-refractivity contribution in [1.29, 1.82) is 5.41 Å². The number of carbonyl (C=O) groups excluding carboxylic acids is 1. The Bertz CT molecular complexity index is 1360. The van der Waals surface area contributed by atoms with Gasteiger partial charge < -0.3 is 9.30 Å². The number of rotatable bonds is 5. The van der Waals surface area contributed by atoms with Crippen molar-refractivity contribution in [3.63, 3.8) is 0 Å². The summed E-state index contributed by atoms with van der Waals surface area (Å²) in [4.78, 5) is 16.9. The van der Waals surface area contributed by atoms with E-state index >= 15 is 0 Å². The summed E-state index contributed by atoms with van der Waals surface area (Å²) in [5.74, 6) is 0.272. The zero-order valence-corrected chi connectivity index (χ0v) is 19.1. The van der Waals surface area contributed by atoms with Gasteiger partial charge in [0.05, 0.1) is 5.57 Å². The van der Waals surface area contributed by atoms with Crippen LogP contribution in [0.3, 0.4) is 0 Å². The highest BCUT2D eigenvalue weighted by Gasteiger charge is 2.36. The van der Waals surface area contributed by atoms with Crippen molar-refractivity contribution in [2.45, 2.75) is 6.92 Å². The molecule has 2 aromatic carbocycles. The van der Waals surface area contributed by atoms with E-state index in [4.69, 9.17) is 21.7 Å². The van der Waals surface area contributed by atoms with Gasteiger partial charge in [-0.05, 0) is 72.8 Å². The molecule has 0 bridgehead atoms. The van der Waals surface area contributed by atoms with Crippen molar-refractivity contribution in [3.05, 3.63) is 88.7 Å². The lowest BCUT2D eigenvalue weighted by molar-refractivity contribution is -0.114. The molecule has 0 radical (unpaired) electrons. The summed E-state index contributed by atoms with van der Waals surface area (Å²) >= 11 is 7.23. The number of fused-ring (bicyclic) bond motifs is 1. The van der Waals surface area contributed by atoms with Gasteiger partial charge in [0, 0.05) is 22.6 Å². The summed E-state index contributed by atoms with van der Waals surface area (Å²) in [6, 6.07) is 18.8. The zero-order chi connectivity index (χ0) is 22.9. The average Bonchev–Trinajstić information content (AvgIpc) is 3.43. The molecule has 3 aromatic rings. The van der Waals surface area contributed by atoms with Gasteiger partial charge in [0.2, 0.25) is 5.17 Å². The molecule has 1 N–H and O–H groups in total. The number of aromatic nitrogens is 1. The minimum Gasteiger partial charge on any atom is -0.486 e. The third-order valence-electron chi connectivity index (χ3n) is 5.12. The smallest absolute Gasteiger partial charge is 0.283 e. The molecule has 164 valence electrons. The Morgan fingerprint density at radius 3 is 2.70 bits per heavy atom. The molecule has 0 spiro atoms. The first kappa shape index (κ1) is 21.2. The number of aliphatic imine (C=N–C) groups is 1. The predicted octanol–water partition coefficient (Wildman–Crippen LogP) is 5.14. The number of aryl methyl sites for hydroxylation is 1. The summed E-state index contributed by atoms with van der Waals surface area (Å²) in [5, 5.41) is 16.1. The number of amides is 1. The number of hydrogen-bond acceptors (Lipinski definition) is 5. The number of nitrogens with one attached hydrogen (secondary N) is 1. The molecule has 0 aliphatic carbocycles. The van der Waals surface area contributed by atoms with Gasteiger partial charge in [-0.15, -0.1) is 0 Å². The number of ether oxygens (including phenoxy) is 1. The molecule has 1 aromatic heterocycles. The minimum atomic E-state index is -0.473. The number of benzene rings is 2. The van der Waals surface area contributed by atoms with Crippen LogP contribution in [0.5, 0.6) is 5.75 Å². The number of amidine groups is 2. The molecular weight excluding hydrogens is 458 g/mol. The molecule has 0 atom stereocenters. The second-order valence-corrected chi connectivity index (χ2v) is 8.82. The Morgan fingerprint density at radius 1 is 1.12 bits per heavy atom. The summed E-state index contributed by atoms with van der Waals surface area (Å²) in [5.41, 5.74) is 2.81. The number of carbonyl (C=O) groups is 1. The third kappa shape index (κ3) is 4.22. The second-order valence-electron chi connectivity index (χ2n) is 7.35. The minimum absolute atomic E-state index is 0.0211. The maximum absolute atomic E-state index is 12.8. The van der Waals surface area contributed by atoms with Crippen LogP contribution in [-0.2, 0) is 4.79 Å². The number of halogens is 1. The third-order valence-corrected chi connectivity index (χ3v) is 6.25. The molecule has 0 saturated heterocycles. The van der Waals surface area contributed by atoms with E-state index in [1.54, 1.807) is 18.2 Å². The number of para-hydroxylation sites is 1. The maximum Gasteiger partial charge on any atom is 0.283 e. The van der Waals surface area contributed by atoms with Gasteiger partial charge in [-0.2, -0.15) is 15.1 Å². The summed E-state index contributed by atoms with van der Waals surface area (Å²) in [6.07, 6.45) is 3.54. The standard InChI is InChI=1S/C24H18ClN5O2S/c1-15-5-2-3-7-20(15)32-14-21-28-30-22(26)19(23(31)27-24(30)33-21)13-18-6-4-12-29(18)17-10-8-16(25)9-11-17/h2-13,26H,14H2,1H3/b19-13-,26-22?. The largest absolute Gasteiger partial charge is 0.486 e. The topological polar surface area (TPSA) is 83.0 Å². The van der Waals surface area contributed by atoms with Crippen LogP contribution in [0.1, 0.15) is 11.3 Å². The molecular formula is C24H18ClN5O2S. The first-order valence-corrected chi connectivity index (χ1v) is 11.3. The summed E-state index contributed by atoms with van der Waals surface area (Å²) < 4.78 is 7.77. The van der Waals surface area contributed by atoms with Gasteiger partial charge in [-0.25, -0.2) is 0 Å². The molecule has 33 heavy (non-hydrogen) atoms. The molecule has 5 rings (SSSR count). The van der Waals surface area contributed by atoms with E-state index in [1.165, 1.54) is 16.8 Å². The highest BCUT2D eigenvalue weighted by atomic mass is 35.5. The van der Waals surface area contributed by atoms with E-state index in [1.807, 2.05) is 66.2 Å². The number of hydrazone groups is 1. The van der Waals surface area contributed by atoms with E-state index in [0.717, 1.165) is 22.7 Å². The SMILES string of the molecule is Cc1ccccc1OCC1=NN2C(=N)/C(=C/c3cccn3-c3ccc(Cl)cc3)C(=O)N=C2S1. The first-order chi connectivity index (χ1) is 16.0. The Labute approximate surface area is 199 Å². The quantitative estimate of drug-likeness (QED) is 0.518. The van der Waals surface area contributed by atoms with Crippen LogP contribution in [0.25, 0.3) is 11.8 Å². The highest BCUT2D eigenvalue weighted by molar-refractivity contribution is 8.27. The van der Waals surface area contributed by atoms with Crippen LogP contribution in [0.15, 0.2) is 82.5 Å².